The Balaban J connectivity index is 1.59. The van der Waals surface area contributed by atoms with Crippen molar-refractivity contribution in [3.63, 3.8) is 0 Å². The third-order valence-corrected chi connectivity index (χ3v) is 7.87. The van der Waals surface area contributed by atoms with Gasteiger partial charge in [0.15, 0.2) is 5.78 Å². The van der Waals surface area contributed by atoms with E-state index in [-0.39, 0.29) is 5.78 Å². The zero-order valence-corrected chi connectivity index (χ0v) is 16.2. The largest absolute Gasteiger partial charge is 0.384 e. The van der Waals surface area contributed by atoms with Crippen molar-refractivity contribution in [1.82, 2.24) is 0 Å². The lowest BCUT2D eigenvalue weighted by Crippen LogP contribution is -1.97. The molecular weight excluding hydrogens is 384 g/mol. The summed E-state index contributed by atoms with van der Waals surface area (Å²) in [5.41, 5.74) is 7.40. The van der Waals surface area contributed by atoms with Crippen molar-refractivity contribution in [3.05, 3.63) is 81.5 Å². The molecule has 0 aliphatic heterocycles. The molecule has 0 spiro atoms. The quantitative estimate of drug-likeness (QED) is 0.323. The normalized spacial score (nSPS) is 16.5. The first kappa shape index (κ1) is 15.2. The van der Waals surface area contributed by atoms with Crippen LogP contribution in [0.3, 0.4) is 0 Å². The number of thiophene rings is 2. The molecule has 2 aliphatic carbocycles. The Morgan fingerprint density at radius 1 is 0.679 bits per heavy atom. The second-order valence-electron chi connectivity index (χ2n) is 7.40. The molecule has 0 bridgehead atoms. The van der Waals surface area contributed by atoms with Gasteiger partial charge in [-0.25, -0.2) is 0 Å². The fraction of sp³-hybridized carbons (Fsp3) is 0.0417. The Morgan fingerprint density at radius 2 is 1.39 bits per heavy atom. The van der Waals surface area contributed by atoms with Crippen LogP contribution in [0.25, 0.3) is 42.4 Å². The minimum Gasteiger partial charge on any atom is -0.384 e. The van der Waals surface area contributed by atoms with Gasteiger partial charge < -0.3 is 5.11 Å². The van der Waals surface area contributed by atoms with E-state index in [1.165, 1.54) is 9.40 Å². The van der Waals surface area contributed by atoms with Gasteiger partial charge in [-0.05, 0) is 81.0 Å². The summed E-state index contributed by atoms with van der Waals surface area (Å²) in [5, 5.41) is 17.5. The first-order chi connectivity index (χ1) is 13.7. The van der Waals surface area contributed by atoms with E-state index in [0.29, 0.717) is 0 Å². The van der Waals surface area contributed by atoms with Crippen LogP contribution in [0.1, 0.15) is 33.2 Å². The van der Waals surface area contributed by atoms with Gasteiger partial charge in [0.25, 0.3) is 0 Å². The predicted octanol–water partition coefficient (Wildman–Crippen LogP) is 6.39. The molecule has 0 amide bonds. The number of rotatable bonds is 0. The SMILES string of the molecule is O=C1c2cc3c(cc2-c2c1ccc1sccc21)C(O)c1ccc2sccc2c1-3. The second kappa shape index (κ2) is 4.97. The molecule has 2 aliphatic rings. The number of benzene rings is 3. The van der Waals surface area contributed by atoms with Gasteiger partial charge in [0.2, 0.25) is 0 Å². The molecule has 7 rings (SSSR count). The molecule has 2 aromatic heterocycles. The molecular formula is C24H12O2S2. The molecule has 0 fully saturated rings. The smallest absolute Gasteiger partial charge is 0.194 e. The number of ketones is 1. The maximum Gasteiger partial charge on any atom is 0.194 e. The first-order valence-corrected chi connectivity index (χ1v) is 10.9. The van der Waals surface area contributed by atoms with Crippen LogP contribution >= 0.6 is 22.7 Å². The van der Waals surface area contributed by atoms with Crippen LogP contribution in [0.4, 0.5) is 0 Å². The predicted molar refractivity (Wildman–Crippen MR) is 116 cm³/mol. The number of hydrogen-bond donors (Lipinski definition) is 1. The summed E-state index contributed by atoms with van der Waals surface area (Å²) >= 11 is 3.39. The topological polar surface area (TPSA) is 37.3 Å². The Hall–Kier alpha value is -2.79. The van der Waals surface area contributed by atoms with E-state index in [1.54, 1.807) is 22.7 Å². The maximum absolute atomic E-state index is 13.2. The van der Waals surface area contributed by atoms with Gasteiger partial charge >= 0.3 is 0 Å². The van der Waals surface area contributed by atoms with Gasteiger partial charge in [-0.15, -0.1) is 22.7 Å². The van der Waals surface area contributed by atoms with Crippen LogP contribution in [-0.4, -0.2) is 10.9 Å². The average molecular weight is 396 g/mol. The Morgan fingerprint density at radius 3 is 2.18 bits per heavy atom. The van der Waals surface area contributed by atoms with Gasteiger partial charge in [0.1, 0.15) is 6.10 Å². The number of carbonyl (C=O) groups excluding carboxylic acids is 1. The molecule has 0 radical (unpaired) electrons. The van der Waals surface area contributed by atoms with Crippen LogP contribution < -0.4 is 0 Å². The fourth-order valence-corrected chi connectivity index (χ4v) is 6.47. The average Bonchev–Trinajstić information content (AvgIpc) is 3.47. The van der Waals surface area contributed by atoms with Gasteiger partial charge in [0, 0.05) is 36.9 Å². The molecule has 3 aromatic carbocycles. The van der Waals surface area contributed by atoms with Gasteiger partial charge in [-0.2, -0.15) is 0 Å². The van der Waals surface area contributed by atoms with Crippen LogP contribution in [0.15, 0.2) is 59.3 Å². The highest BCUT2D eigenvalue weighted by Gasteiger charge is 2.35. The molecule has 132 valence electrons. The van der Waals surface area contributed by atoms with Crippen LogP contribution in [0, 0.1) is 0 Å². The first-order valence-electron chi connectivity index (χ1n) is 9.14. The van der Waals surface area contributed by atoms with E-state index in [2.05, 4.69) is 29.0 Å². The van der Waals surface area contributed by atoms with Gasteiger partial charge in [0.05, 0.1) is 0 Å². The third kappa shape index (κ3) is 1.65. The van der Waals surface area contributed by atoms with Crippen LogP contribution in [0.2, 0.25) is 0 Å². The Labute approximate surface area is 168 Å². The third-order valence-electron chi connectivity index (χ3n) is 6.11. The summed E-state index contributed by atoms with van der Waals surface area (Å²) < 4.78 is 2.39. The monoisotopic (exact) mass is 396 g/mol. The Bertz CT molecular complexity index is 1500. The number of aliphatic hydroxyl groups excluding tert-OH is 1. The fourth-order valence-electron chi connectivity index (χ4n) is 4.88. The van der Waals surface area contributed by atoms with Crippen molar-refractivity contribution in [2.24, 2.45) is 0 Å². The van der Waals surface area contributed by atoms with E-state index >= 15 is 0 Å². The van der Waals surface area contributed by atoms with Crippen molar-refractivity contribution in [2.45, 2.75) is 6.10 Å². The van der Waals surface area contributed by atoms with E-state index in [0.717, 1.165) is 55.3 Å². The minimum atomic E-state index is -0.652. The van der Waals surface area contributed by atoms with Crippen molar-refractivity contribution in [1.29, 1.82) is 0 Å². The molecule has 1 unspecified atom stereocenters. The number of fused-ring (bicyclic) bond motifs is 10. The lowest BCUT2D eigenvalue weighted by molar-refractivity contribution is 0.104. The molecule has 2 nitrogen and oxygen atoms in total. The summed E-state index contributed by atoms with van der Waals surface area (Å²) in [4.78, 5) is 13.2. The molecule has 5 aromatic rings. The van der Waals surface area contributed by atoms with E-state index in [1.807, 2.05) is 30.3 Å². The minimum absolute atomic E-state index is 0.0846. The van der Waals surface area contributed by atoms with E-state index in [9.17, 15) is 9.90 Å². The summed E-state index contributed by atoms with van der Waals surface area (Å²) in [7, 11) is 0. The standard InChI is InChI=1S/C24H12O2S2/c25-23-13-1-3-19-11(5-7-27-19)21(13)15-9-18-16(10-17(15)23)22-12-6-8-28-20(12)4-2-14(22)24(18)26/h1-10,23,25H. The number of hydrogen-bond acceptors (Lipinski definition) is 4. The molecule has 1 atom stereocenters. The highest BCUT2D eigenvalue weighted by Crippen LogP contribution is 2.52. The molecule has 4 heteroatoms. The summed E-state index contributed by atoms with van der Waals surface area (Å²) in [6.07, 6.45) is -0.652. The molecule has 28 heavy (non-hydrogen) atoms. The molecule has 1 N–H and O–H groups in total. The Kier molecular flexibility index (Phi) is 2.69. The molecule has 2 heterocycles. The highest BCUT2D eigenvalue weighted by atomic mass is 32.1. The second-order valence-corrected chi connectivity index (χ2v) is 9.29. The van der Waals surface area contributed by atoms with E-state index in [4.69, 9.17) is 0 Å². The van der Waals surface area contributed by atoms with Crippen molar-refractivity contribution in [3.8, 4) is 22.3 Å². The van der Waals surface area contributed by atoms with E-state index < -0.39 is 6.10 Å². The number of carbonyl (C=O) groups is 1. The molecule has 0 saturated heterocycles. The molecule has 0 saturated carbocycles. The summed E-state index contributed by atoms with van der Waals surface area (Å²) in [6, 6.07) is 16.4. The van der Waals surface area contributed by atoms with Crippen molar-refractivity contribution >= 4 is 48.6 Å². The highest BCUT2D eigenvalue weighted by molar-refractivity contribution is 7.17. The number of aliphatic hydroxyl groups is 1. The summed E-state index contributed by atoms with van der Waals surface area (Å²) in [6.45, 7) is 0. The van der Waals surface area contributed by atoms with Crippen LogP contribution in [0.5, 0.6) is 0 Å². The zero-order valence-electron chi connectivity index (χ0n) is 14.5. The lowest BCUT2D eigenvalue weighted by Gasteiger charge is -2.09. The summed E-state index contributed by atoms with van der Waals surface area (Å²) in [5.74, 6) is 0.0846. The van der Waals surface area contributed by atoms with Gasteiger partial charge in [-0.1, -0.05) is 6.07 Å². The van der Waals surface area contributed by atoms with Crippen LogP contribution in [-0.2, 0) is 0 Å². The van der Waals surface area contributed by atoms with Crippen molar-refractivity contribution in [2.75, 3.05) is 0 Å². The zero-order chi connectivity index (χ0) is 18.6. The lowest BCUT2D eigenvalue weighted by atomic mass is 9.95. The maximum atomic E-state index is 13.2. The van der Waals surface area contributed by atoms with Gasteiger partial charge in [-0.3, -0.25) is 4.79 Å². The van der Waals surface area contributed by atoms with Crippen molar-refractivity contribution < 1.29 is 9.90 Å².